The van der Waals surface area contributed by atoms with Crippen molar-refractivity contribution in [1.29, 1.82) is 0 Å². The maximum atomic E-state index is 10.4. The summed E-state index contributed by atoms with van der Waals surface area (Å²) in [7, 11) is 1.65. The zero-order valence-corrected chi connectivity index (χ0v) is 11.5. The Morgan fingerprint density at radius 1 is 1.59 bits per heavy atom. The van der Waals surface area contributed by atoms with E-state index in [4.69, 9.17) is 9.84 Å². The molecule has 0 aliphatic carbocycles. The average molecular weight is 277 g/mol. The van der Waals surface area contributed by atoms with E-state index in [2.05, 4.69) is 15.5 Å². The molecule has 1 aromatic heterocycles. The van der Waals surface area contributed by atoms with Crippen molar-refractivity contribution in [2.45, 2.75) is 23.8 Å². The standard InChI is InChI=1S/C9H15N3O3S2/c1-9(2,15-3)5-10-7-11-12-8(17-7)16-4-6(13)14/h4-5H2,1-3H3,(H,10,11)(H,13,14). The molecule has 0 radical (unpaired) electrons. The topological polar surface area (TPSA) is 84.3 Å². The number of ether oxygens (including phenoxy) is 1. The lowest BCUT2D eigenvalue weighted by molar-refractivity contribution is -0.133. The minimum Gasteiger partial charge on any atom is -0.481 e. The third-order valence-corrected chi connectivity index (χ3v) is 3.94. The third kappa shape index (κ3) is 5.33. The molecule has 1 aromatic rings. The zero-order valence-electron chi connectivity index (χ0n) is 9.89. The van der Waals surface area contributed by atoms with Crippen LogP contribution in [0.5, 0.6) is 0 Å². The van der Waals surface area contributed by atoms with Crippen molar-refractivity contribution >= 4 is 34.2 Å². The largest absolute Gasteiger partial charge is 0.481 e. The molecule has 8 heteroatoms. The van der Waals surface area contributed by atoms with Crippen molar-refractivity contribution in [1.82, 2.24) is 10.2 Å². The Morgan fingerprint density at radius 2 is 2.29 bits per heavy atom. The molecule has 0 aromatic carbocycles. The molecule has 0 unspecified atom stereocenters. The SMILES string of the molecule is COC(C)(C)CNc1nnc(SCC(=O)O)s1. The second kappa shape index (κ2) is 6.18. The van der Waals surface area contributed by atoms with E-state index in [1.54, 1.807) is 7.11 Å². The van der Waals surface area contributed by atoms with Crippen molar-refractivity contribution in [3.63, 3.8) is 0 Å². The van der Waals surface area contributed by atoms with E-state index in [0.717, 1.165) is 11.8 Å². The third-order valence-electron chi connectivity index (χ3n) is 1.94. The molecule has 0 amide bonds. The van der Waals surface area contributed by atoms with Crippen LogP contribution in [0.1, 0.15) is 13.8 Å². The van der Waals surface area contributed by atoms with Gasteiger partial charge in [-0.3, -0.25) is 4.79 Å². The number of nitrogens with zero attached hydrogens (tertiary/aromatic N) is 2. The number of rotatable bonds is 7. The molecule has 0 bridgehead atoms. The van der Waals surface area contributed by atoms with Gasteiger partial charge in [0.05, 0.1) is 11.4 Å². The van der Waals surface area contributed by atoms with Gasteiger partial charge < -0.3 is 15.2 Å². The summed E-state index contributed by atoms with van der Waals surface area (Å²) in [6, 6.07) is 0. The van der Waals surface area contributed by atoms with Gasteiger partial charge in [-0.25, -0.2) is 0 Å². The molecule has 0 aliphatic heterocycles. The van der Waals surface area contributed by atoms with Crippen molar-refractivity contribution in [2.75, 3.05) is 24.7 Å². The van der Waals surface area contributed by atoms with Crippen LogP contribution in [-0.4, -0.2) is 46.3 Å². The summed E-state index contributed by atoms with van der Waals surface area (Å²) < 4.78 is 5.90. The van der Waals surface area contributed by atoms with Gasteiger partial charge in [0.1, 0.15) is 0 Å². The predicted octanol–water partition coefficient (Wildman–Crippen LogP) is 1.55. The molecule has 0 atom stereocenters. The number of aliphatic carboxylic acids is 1. The monoisotopic (exact) mass is 277 g/mol. The van der Waals surface area contributed by atoms with Crippen LogP contribution < -0.4 is 5.32 Å². The van der Waals surface area contributed by atoms with Crippen LogP contribution in [0.15, 0.2) is 4.34 Å². The van der Waals surface area contributed by atoms with Gasteiger partial charge in [0.25, 0.3) is 0 Å². The van der Waals surface area contributed by atoms with E-state index in [0.29, 0.717) is 16.0 Å². The fourth-order valence-corrected chi connectivity index (χ4v) is 2.29. The van der Waals surface area contributed by atoms with Crippen molar-refractivity contribution in [3.8, 4) is 0 Å². The number of hydrogen-bond donors (Lipinski definition) is 2. The Balaban J connectivity index is 2.43. The van der Waals surface area contributed by atoms with Crippen molar-refractivity contribution in [2.24, 2.45) is 0 Å². The van der Waals surface area contributed by atoms with Crippen LogP contribution >= 0.6 is 23.1 Å². The maximum Gasteiger partial charge on any atom is 0.313 e. The van der Waals surface area contributed by atoms with Gasteiger partial charge in [0.15, 0.2) is 4.34 Å². The molecule has 0 saturated heterocycles. The molecule has 6 nitrogen and oxygen atoms in total. The molecule has 0 aliphatic rings. The second-order valence-corrected chi connectivity index (χ2v) is 6.07. The Labute approximate surface area is 108 Å². The first-order chi connectivity index (χ1) is 7.93. The van der Waals surface area contributed by atoms with Gasteiger partial charge in [-0.1, -0.05) is 23.1 Å². The summed E-state index contributed by atoms with van der Waals surface area (Å²) in [4.78, 5) is 10.4. The summed E-state index contributed by atoms with van der Waals surface area (Å²) in [5.74, 6) is -0.863. The number of carbonyl (C=O) groups is 1. The summed E-state index contributed by atoms with van der Waals surface area (Å²) in [6.07, 6.45) is 0. The van der Waals surface area contributed by atoms with Crippen LogP contribution in [0.3, 0.4) is 0 Å². The van der Waals surface area contributed by atoms with E-state index >= 15 is 0 Å². The first kappa shape index (κ1) is 14.2. The van der Waals surface area contributed by atoms with E-state index < -0.39 is 5.97 Å². The second-order valence-electron chi connectivity index (χ2n) is 3.87. The quantitative estimate of drug-likeness (QED) is 0.731. The molecule has 96 valence electrons. The summed E-state index contributed by atoms with van der Waals surface area (Å²) in [6.45, 7) is 4.53. The first-order valence-electron chi connectivity index (χ1n) is 4.90. The Morgan fingerprint density at radius 3 is 2.88 bits per heavy atom. The predicted molar refractivity (Wildman–Crippen MR) is 67.8 cm³/mol. The maximum absolute atomic E-state index is 10.4. The molecular weight excluding hydrogens is 262 g/mol. The van der Waals surface area contributed by atoms with Crippen LogP contribution in [0.4, 0.5) is 5.13 Å². The van der Waals surface area contributed by atoms with Gasteiger partial charge in [-0.15, -0.1) is 10.2 Å². The molecular formula is C9H15N3O3S2. The van der Waals surface area contributed by atoms with Crippen LogP contribution in [0.25, 0.3) is 0 Å². The number of nitrogens with one attached hydrogen (secondary N) is 1. The molecule has 1 rings (SSSR count). The molecule has 17 heavy (non-hydrogen) atoms. The minimum atomic E-state index is -0.861. The summed E-state index contributed by atoms with van der Waals surface area (Å²) in [5, 5.41) is 20.1. The molecule has 0 fully saturated rings. The Kier molecular flexibility index (Phi) is 5.16. The van der Waals surface area contributed by atoms with E-state index in [-0.39, 0.29) is 11.4 Å². The van der Waals surface area contributed by atoms with Crippen molar-refractivity contribution in [3.05, 3.63) is 0 Å². The number of aromatic nitrogens is 2. The molecule has 2 N–H and O–H groups in total. The zero-order chi connectivity index (χ0) is 12.9. The van der Waals surface area contributed by atoms with Gasteiger partial charge in [-0.2, -0.15) is 0 Å². The number of methoxy groups -OCH3 is 1. The number of hydrogen-bond acceptors (Lipinski definition) is 7. The van der Waals surface area contributed by atoms with Crippen LogP contribution in [-0.2, 0) is 9.53 Å². The average Bonchev–Trinajstić information content (AvgIpc) is 2.72. The van der Waals surface area contributed by atoms with Gasteiger partial charge in [0.2, 0.25) is 5.13 Å². The van der Waals surface area contributed by atoms with Gasteiger partial charge in [0, 0.05) is 13.7 Å². The van der Waals surface area contributed by atoms with Gasteiger partial charge >= 0.3 is 5.97 Å². The van der Waals surface area contributed by atoms with Gasteiger partial charge in [-0.05, 0) is 13.8 Å². The van der Waals surface area contributed by atoms with Crippen LogP contribution in [0.2, 0.25) is 0 Å². The molecule has 0 spiro atoms. The fourth-order valence-electron chi connectivity index (χ4n) is 0.824. The Hall–Kier alpha value is -0.860. The number of carboxylic acid groups (broad SMARTS) is 1. The lowest BCUT2D eigenvalue weighted by Crippen LogP contribution is -2.31. The fraction of sp³-hybridized carbons (Fsp3) is 0.667. The lowest BCUT2D eigenvalue weighted by atomic mass is 10.1. The lowest BCUT2D eigenvalue weighted by Gasteiger charge is -2.22. The summed E-state index contributed by atoms with van der Waals surface area (Å²) in [5.41, 5.74) is -0.278. The van der Waals surface area contributed by atoms with Crippen molar-refractivity contribution < 1.29 is 14.6 Å². The van der Waals surface area contributed by atoms with E-state index in [9.17, 15) is 4.79 Å². The highest BCUT2D eigenvalue weighted by Gasteiger charge is 2.17. The first-order valence-corrected chi connectivity index (χ1v) is 6.70. The summed E-state index contributed by atoms with van der Waals surface area (Å²) >= 11 is 2.50. The molecule has 1 heterocycles. The van der Waals surface area contributed by atoms with Crippen LogP contribution in [0, 0.1) is 0 Å². The number of carboxylic acids is 1. The van der Waals surface area contributed by atoms with E-state index in [1.165, 1.54) is 11.3 Å². The smallest absolute Gasteiger partial charge is 0.313 e. The normalized spacial score (nSPS) is 11.5. The highest BCUT2D eigenvalue weighted by Crippen LogP contribution is 2.25. The highest BCUT2D eigenvalue weighted by molar-refractivity contribution is 8.01. The number of thioether (sulfide) groups is 1. The highest BCUT2D eigenvalue weighted by atomic mass is 32.2. The minimum absolute atomic E-state index is 0.00179. The Bertz CT molecular complexity index is 381. The number of anilines is 1. The molecule has 0 saturated carbocycles. The van der Waals surface area contributed by atoms with E-state index in [1.807, 2.05) is 13.8 Å².